The van der Waals surface area contributed by atoms with E-state index in [1.165, 1.54) is 0 Å². The quantitative estimate of drug-likeness (QED) is 0.853. The highest BCUT2D eigenvalue weighted by Gasteiger charge is 2.46. The maximum Gasteiger partial charge on any atom is 0.270 e. The van der Waals surface area contributed by atoms with E-state index < -0.39 is 0 Å². The highest BCUT2D eigenvalue weighted by Crippen LogP contribution is 2.44. The minimum Gasteiger partial charge on any atom is -0.347 e. The Morgan fingerprint density at radius 3 is 2.79 bits per heavy atom. The van der Waals surface area contributed by atoms with E-state index in [0.717, 1.165) is 17.2 Å². The van der Waals surface area contributed by atoms with Crippen molar-refractivity contribution in [3.8, 4) is 0 Å². The molecule has 3 rings (SSSR count). The number of fused-ring (bicyclic) bond motifs is 1. The molecule has 1 unspecified atom stereocenters. The van der Waals surface area contributed by atoms with Gasteiger partial charge in [0.05, 0.1) is 0 Å². The van der Waals surface area contributed by atoms with E-state index in [0.29, 0.717) is 10.8 Å². The summed E-state index contributed by atoms with van der Waals surface area (Å²) in [6.07, 6.45) is 1.01. The second-order valence-electron chi connectivity index (χ2n) is 5.74. The normalized spacial score (nSPS) is 20.3. The number of nitrogens with zero attached hydrogens (tertiary/aromatic N) is 1. The molecule has 0 bridgehead atoms. The first-order chi connectivity index (χ1) is 8.97. The number of aromatic nitrogens is 1. The summed E-state index contributed by atoms with van der Waals surface area (Å²) in [5, 5.41) is 5.17. The van der Waals surface area contributed by atoms with Crippen LogP contribution in [0.4, 0.5) is 0 Å². The monoisotopic (exact) mass is 274 g/mol. The van der Waals surface area contributed by atoms with Crippen LogP contribution in [0.1, 0.15) is 30.8 Å². The number of halogens is 1. The van der Waals surface area contributed by atoms with Crippen LogP contribution in [0.2, 0.25) is 5.15 Å². The topological polar surface area (TPSA) is 42.0 Å². The molecule has 1 heterocycles. The van der Waals surface area contributed by atoms with Crippen LogP contribution in [0.5, 0.6) is 0 Å². The number of carbonyl (C=O) groups is 1. The van der Waals surface area contributed by atoms with Crippen LogP contribution in [-0.4, -0.2) is 16.9 Å². The summed E-state index contributed by atoms with van der Waals surface area (Å²) in [6.45, 7) is 4.28. The summed E-state index contributed by atoms with van der Waals surface area (Å²) >= 11 is 6.12. The van der Waals surface area contributed by atoms with Gasteiger partial charge in [0.2, 0.25) is 0 Å². The molecule has 4 heteroatoms. The van der Waals surface area contributed by atoms with E-state index in [1.54, 1.807) is 6.07 Å². The molecule has 1 aromatic carbocycles. The van der Waals surface area contributed by atoms with Crippen LogP contribution in [0.15, 0.2) is 30.3 Å². The van der Waals surface area contributed by atoms with E-state index in [9.17, 15) is 4.79 Å². The SMILES string of the molecule is CC1(C)CC1NC(=O)c1cc2ccccc2c(Cl)n1. The molecule has 0 spiro atoms. The average Bonchev–Trinajstić information content (AvgIpc) is 2.96. The Hall–Kier alpha value is -1.61. The Labute approximate surface area is 117 Å². The third kappa shape index (κ3) is 2.30. The molecule has 0 aliphatic heterocycles. The summed E-state index contributed by atoms with van der Waals surface area (Å²) in [4.78, 5) is 16.3. The van der Waals surface area contributed by atoms with Crippen LogP contribution < -0.4 is 5.32 Å². The molecule has 19 heavy (non-hydrogen) atoms. The van der Waals surface area contributed by atoms with Crippen molar-refractivity contribution in [3.05, 3.63) is 41.2 Å². The zero-order valence-electron chi connectivity index (χ0n) is 10.9. The smallest absolute Gasteiger partial charge is 0.270 e. The van der Waals surface area contributed by atoms with Crippen molar-refractivity contribution in [1.29, 1.82) is 0 Å². The van der Waals surface area contributed by atoms with Crippen LogP contribution in [0, 0.1) is 5.41 Å². The molecular formula is C15H15ClN2O. The molecule has 1 saturated carbocycles. The Balaban J connectivity index is 1.90. The Morgan fingerprint density at radius 2 is 2.11 bits per heavy atom. The maximum absolute atomic E-state index is 12.1. The second kappa shape index (κ2) is 4.20. The van der Waals surface area contributed by atoms with E-state index in [4.69, 9.17) is 11.6 Å². The van der Waals surface area contributed by atoms with Crippen molar-refractivity contribution in [3.63, 3.8) is 0 Å². The molecule has 1 aliphatic carbocycles. The van der Waals surface area contributed by atoms with E-state index in [-0.39, 0.29) is 17.4 Å². The number of benzene rings is 1. The molecule has 1 N–H and O–H groups in total. The molecule has 98 valence electrons. The molecule has 1 fully saturated rings. The van der Waals surface area contributed by atoms with Crippen molar-refractivity contribution >= 4 is 28.3 Å². The van der Waals surface area contributed by atoms with Gasteiger partial charge in [-0.05, 0) is 23.3 Å². The molecule has 3 nitrogen and oxygen atoms in total. The van der Waals surface area contributed by atoms with E-state index in [1.807, 2.05) is 24.3 Å². The van der Waals surface area contributed by atoms with Gasteiger partial charge in [-0.15, -0.1) is 0 Å². The predicted octanol–water partition coefficient (Wildman–Crippen LogP) is 3.42. The zero-order chi connectivity index (χ0) is 13.6. The third-order valence-corrected chi connectivity index (χ3v) is 4.03. The van der Waals surface area contributed by atoms with Crippen LogP contribution in [0.3, 0.4) is 0 Å². The lowest BCUT2D eigenvalue weighted by Gasteiger charge is -2.08. The highest BCUT2D eigenvalue weighted by molar-refractivity contribution is 6.34. The van der Waals surface area contributed by atoms with Gasteiger partial charge in [-0.25, -0.2) is 4.98 Å². The van der Waals surface area contributed by atoms with Crippen molar-refractivity contribution in [2.45, 2.75) is 26.3 Å². The minimum atomic E-state index is -0.150. The lowest BCUT2D eigenvalue weighted by Crippen LogP contribution is -2.29. The fraction of sp³-hybridized carbons (Fsp3) is 0.333. The number of nitrogens with one attached hydrogen (secondary N) is 1. The predicted molar refractivity (Wildman–Crippen MR) is 76.4 cm³/mol. The first-order valence-corrected chi connectivity index (χ1v) is 6.71. The zero-order valence-corrected chi connectivity index (χ0v) is 11.7. The molecule has 1 aromatic heterocycles. The average molecular weight is 275 g/mol. The van der Waals surface area contributed by atoms with Crippen molar-refractivity contribution in [2.75, 3.05) is 0 Å². The number of carbonyl (C=O) groups excluding carboxylic acids is 1. The van der Waals surface area contributed by atoms with Gasteiger partial charge < -0.3 is 5.32 Å². The number of hydrogen-bond donors (Lipinski definition) is 1. The Bertz CT molecular complexity index is 666. The summed E-state index contributed by atoms with van der Waals surface area (Å²) in [6, 6.07) is 9.68. The van der Waals surface area contributed by atoms with Gasteiger partial charge in [0.1, 0.15) is 10.8 Å². The van der Waals surface area contributed by atoms with E-state index in [2.05, 4.69) is 24.1 Å². The summed E-state index contributed by atoms with van der Waals surface area (Å²) in [5.41, 5.74) is 0.586. The Kier molecular flexibility index (Phi) is 2.75. The molecule has 1 aliphatic rings. The van der Waals surface area contributed by atoms with Gasteiger partial charge in [-0.3, -0.25) is 4.79 Å². The molecule has 0 radical (unpaired) electrons. The number of pyridine rings is 1. The summed E-state index contributed by atoms with van der Waals surface area (Å²) < 4.78 is 0. The number of amides is 1. The number of hydrogen-bond acceptors (Lipinski definition) is 2. The first kappa shape index (κ1) is 12.4. The van der Waals surface area contributed by atoms with Crippen LogP contribution in [0.25, 0.3) is 10.8 Å². The maximum atomic E-state index is 12.1. The summed E-state index contributed by atoms with van der Waals surface area (Å²) in [7, 11) is 0. The van der Waals surface area contributed by atoms with Gasteiger partial charge in [0, 0.05) is 11.4 Å². The summed E-state index contributed by atoms with van der Waals surface area (Å²) in [5.74, 6) is -0.150. The molecular weight excluding hydrogens is 260 g/mol. The Morgan fingerprint density at radius 1 is 1.42 bits per heavy atom. The van der Waals surface area contributed by atoms with Gasteiger partial charge in [-0.2, -0.15) is 0 Å². The largest absolute Gasteiger partial charge is 0.347 e. The molecule has 1 atom stereocenters. The third-order valence-electron chi connectivity index (χ3n) is 3.75. The van der Waals surface area contributed by atoms with E-state index >= 15 is 0 Å². The fourth-order valence-corrected chi connectivity index (χ4v) is 2.48. The standard InChI is InChI=1S/C15H15ClN2O/c1-15(2)8-12(15)18-14(19)11-7-9-5-3-4-6-10(9)13(16)17-11/h3-7,12H,8H2,1-2H3,(H,18,19). The van der Waals surface area contributed by atoms with Gasteiger partial charge in [0.15, 0.2) is 0 Å². The van der Waals surface area contributed by atoms with Crippen LogP contribution >= 0.6 is 11.6 Å². The lowest BCUT2D eigenvalue weighted by atomic mass is 10.1. The first-order valence-electron chi connectivity index (χ1n) is 6.33. The lowest BCUT2D eigenvalue weighted by molar-refractivity contribution is 0.0941. The van der Waals surface area contributed by atoms with Crippen molar-refractivity contribution in [2.24, 2.45) is 5.41 Å². The van der Waals surface area contributed by atoms with Gasteiger partial charge >= 0.3 is 0 Å². The van der Waals surface area contributed by atoms with Crippen molar-refractivity contribution < 1.29 is 4.79 Å². The fourth-order valence-electron chi connectivity index (χ4n) is 2.22. The van der Waals surface area contributed by atoms with Crippen molar-refractivity contribution in [1.82, 2.24) is 10.3 Å². The second-order valence-corrected chi connectivity index (χ2v) is 6.10. The van der Waals surface area contributed by atoms with Gasteiger partial charge in [-0.1, -0.05) is 49.7 Å². The highest BCUT2D eigenvalue weighted by atomic mass is 35.5. The van der Waals surface area contributed by atoms with Gasteiger partial charge in [0.25, 0.3) is 5.91 Å². The minimum absolute atomic E-state index is 0.150. The molecule has 0 saturated heterocycles. The molecule has 2 aromatic rings. The molecule has 1 amide bonds. The number of rotatable bonds is 2. The van der Waals surface area contributed by atoms with Crippen LogP contribution in [-0.2, 0) is 0 Å².